The zero-order valence-electron chi connectivity index (χ0n) is 11.0. The van der Waals surface area contributed by atoms with E-state index in [-0.39, 0.29) is 0 Å². The molecule has 2 rings (SSSR count). The number of nitrogens with two attached hydrogens (primary N) is 1. The van der Waals surface area contributed by atoms with Crippen molar-refractivity contribution in [2.75, 3.05) is 12.3 Å². The van der Waals surface area contributed by atoms with Crippen molar-refractivity contribution >= 4 is 5.69 Å². The second-order valence-electron chi connectivity index (χ2n) is 4.16. The summed E-state index contributed by atoms with van der Waals surface area (Å²) in [5.74, 6) is 2.24. The quantitative estimate of drug-likeness (QED) is 0.840. The molecule has 0 aliphatic rings. The Bertz CT molecular complexity index is 548. The highest BCUT2D eigenvalue weighted by Gasteiger charge is 2.11. The predicted octanol–water partition coefficient (Wildman–Crippen LogP) is 2.26. The third-order valence-electron chi connectivity index (χ3n) is 2.61. The van der Waals surface area contributed by atoms with Gasteiger partial charge in [-0.15, -0.1) is 0 Å². The van der Waals surface area contributed by atoms with E-state index in [0.717, 1.165) is 23.8 Å². The van der Waals surface area contributed by atoms with Crippen molar-refractivity contribution in [2.45, 2.75) is 27.2 Å². The minimum Gasteiger partial charge on any atom is -0.491 e. The Morgan fingerprint density at radius 1 is 1.33 bits per heavy atom. The molecule has 0 saturated carbocycles. The summed E-state index contributed by atoms with van der Waals surface area (Å²) >= 11 is 0. The normalized spacial score (nSPS) is 10.6. The third-order valence-corrected chi connectivity index (χ3v) is 2.61. The predicted molar refractivity (Wildman–Crippen MR) is 71.0 cm³/mol. The van der Waals surface area contributed by atoms with Crippen LogP contribution in [0.25, 0.3) is 5.69 Å². The highest BCUT2D eigenvalue weighted by molar-refractivity contribution is 5.66. The van der Waals surface area contributed by atoms with Crippen LogP contribution in [0.5, 0.6) is 5.75 Å². The van der Waals surface area contributed by atoms with Crippen LogP contribution in [-0.4, -0.2) is 21.4 Å². The van der Waals surface area contributed by atoms with Gasteiger partial charge >= 0.3 is 0 Å². The average molecular weight is 246 g/mol. The maximum Gasteiger partial charge on any atom is 0.148 e. The van der Waals surface area contributed by atoms with E-state index in [9.17, 15) is 0 Å². The van der Waals surface area contributed by atoms with E-state index < -0.39 is 0 Å². The molecule has 2 N–H and O–H groups in total. The van der Waals surface area contributed by atoms with Gasteiger partial charge in [0, 0.05) is 0 Å². The molecule has 0 spiro atoms. The summed E-state index contributed by atoms with van der Waals surface area (Å²) < 4.78 is 7.35. The van der Waals surface area contributed by atoms with E-state index in [1.54, 1.807) is 4.68 Å². The van der Waals surface area contributed by atoms with E-state index in [1.165, 1.54) is 0 Å². The maximum absolute atomic E-state index is 6.12. The Morgan fingerprint density at radius 2 is 2.11 bits per heavy atom. The van der Waals surface area contributed by atoms with Gasteiger partial charge in [-0.25, -0.2) is 9.67 Å². The van der Waals surface area contributed by atoms with Gasteiger partial charge < -0.3 is 10.5 Å². The number of nitrogen functional groups attached to an aromatic ring is 1. The van der Waals surface area contributed by atoms with Gasteiger partial charge in [0.2, 0.25) is 0 Å². The number of rotatable bonds is 4. The van der Waals surface area contributed by atoms with Crippen molar-refractivity contribution in [1.29, 1.82) is 0 Å². The number of anilines is 1. The molecule has 0 atom stereocenters. The minimum atomic E-state index is 0.596. The SMILES string of the molecule is CCCOc1cccc(-n2nc(C)nc2C)c1N. The van der Waals surface area contributed by atoms with Crippen LogP contribution >= 0.6 is 0 Å². The molecule has 0 fully saturated rings. The van der Waals surface area contributed by atoms with Crippen LogP contribution in [0.3, 0.4) is 0 Å². The molecule has 2 aromatic rings. The number of para-hydroxylation sites is 1. The van der Waals surface area contributed by atoms with Gasteiger partial charge in [-0.1, -0.05) is 13.0 Å². The molecule has 0 saturated heterocycles. The number of ether oxygens (including phenoxy) is 1. The van der Waals surface area contributed by atoms with Crippen molar-refractivity contribution in [3.8, 4) is 11.4 Å². The number of hydrogen-bond donors (Lipinski definition) is 1. The fourth-order valence-corrected chi connectivity index (χ4v) is 1.80. The van der Waals surface area contributed by atoms with Crippen LogP contribution in [0.1, 0.15) is 25.0 Å². The Hall–Kier alpha value is -2.04. The topological polar surface area (TPSA) is 66.0 Å². The molecule has 0 aliphatic heterocycles. The minimum absolute atomic E-state index is 0.596. The Labute approximate surface area is 107 Å². The van der Waals surface area contributed by atoms with E-state index in [1.807, 2.05) is 32.0 Å². The Morgan fingerprint density at radius 3 is 2.72 bits per heavy atom. The molecular formula is C13H18N4O. The molecule has 5 heteroatoms. The van der Waals surface area contributed by atoms with Crippen LogP contribution in [0.15, 0.2) is 18.2 Å². The zero-order valence-corrected chi connectivity index (χ0v) is 11.0. The van der Waals surface area contributed by atoms with Crippen LogP contribution in [-0.2, 0) is 0 Å². The molecule has 0 amide bonds. The van der Waals surface area contributed by atoms with Crippen molar-refractivity contribution in [3.05, 3.63) is 29.8 Å². The number of nitrogens with zero attached hydrogens (tertiary/aromatic N) is 3. The lowest BCUT2D eigenvalue weighted by molar-refractivity contribution is 0.319. The second kappa shape index (κ2) is 5.08. The van der Waals surface area contributed by atoms with Crippen molar-refractivity contribution in [2.24, 2.45) is 0 Å². The summed E-state index contributed by atoms with van der Waals surface area (Å²) in [7, 11) is 0. The highest BCUT2D eigenvalue weighted by atomic mass is 16.5. The fraction of sp³-hybridized carbons (Fsp3) is 0.385. The molecule has 5 nitrogen and oxygen atoms in total. The van der Waals surface area contributed by atoms with Gasteiger partial charge in [-0.3, -0.25) is 0 Å². The Balaban J connectivity index is 2.42. The van der Waals surface area contributed by atoms with Gasteiger partial charge in [-0.2, -0.15) is 5.10 Å². The summed E-state index contributed by atoms with van der Waals surface area (Å²) in [6.07, 6.45) is 0.950. The first-order valence-electron chi connectivity index (χ1n) is 6.05. The first kappa shape index (κ1) is 12.4. The van der Waals surface area contributed by atoms with Gasteiger partial charge in [0.15, 0.2) is 0 Å². The third kappa shape index (κ3) is 2.30. The summed E-state index contributed by atoms with van der Waals surface area (Å²) in [5.41, 5.74) is 7.52. The molecule has 96 valence electrons. The molecule has 0 bridgehead atoms. The molecule has 18 heavy (non-hydrogen) atoms. The number of benzene rings is 1. The lowest BCUT2D eigenvalue weighted by Crippen LogP contribution is -2.06. The average Bonchev–Trinajstić information content (AvgIpc) is 2.67. The molecule has 1 aromatic heterocycles. The monoisotopic (exact) mass is 246 g/mol. The van der Waals surface area contributed by atoms with E-state index in [4.69, 9.17) is 10.5 Å². The summed E-state index contributed by atoms with van der Waals surface area (Å²) in [6, 6.07) is 5.69. The van der Waals surface area contributed by atoms with Crippen LogP contribution in [0, 0.1) is 13.8 Å². The molecule has 0 radical (unpaired) electrons. The van der Waals surface area contributed by atoms with Gasteiger partial charge in [0.05, 0.1) is 12.3 Å². The smallest absolute Gasteiger partial charge is 0.148 e. The highest BCUT2D eigenvalue weighted by Crippen LogP contribution is 2.28. The van der Waals surface area contributed by atoms with E-state index >= 15 is 0 Å². The Kier molecular flexibility index (Phi) is 3.50. The lowest BCUT2D eigenvalue weighted by Gasteiger charge is -2.12. The maximum atomic E-state index is 6.12. The van der Waals surface area contributed by atoms with Crippen molar-refractivity contribution in [3.63, 3.8) is 0 Å². The number of aromatic nitrogens is 3. The summed E-state index contributed by atoms with van der Waals surface area (Å²) in [4.78, 5) is 4.28. The van der Waals surface area contributed by atoms with Crippen molar-refractivity contribution < 1.29 is 4.74 Å². The van der Waals surface area contributed by atoms with Gasteiger partial charge in [-0.05, 0) is 32.4 Å². The van der Waals surface area contributed by atoms with Crippen LogP contribution in [0.2, 0.25) is 0 Å². The summed E-state index contributed by atoms with van der Waals surface area (Å²) in [5, 5.41) is 4.33. The number of hydrogen-bond acceptors (Lipinski definition) is 4. The van der Waals surface area contributed by atoms with Crippen molar-refractivity contribution in [1.82, 2.24) is 14.8 Å². The molecular weight excluding hydrogens is 228 g/mol. The molecule has 0 unspecified atom stereocenters. The van der Waals surface area contributed by atoms with Crippen LogP contribution in [0.4, 0.5) is 5.69 Å². The fourth-order valence-electron chi connectivity index (χ4n) is 1.80. The first-order valence-corrected chi connectivity index (χ1v) is 6.05. The zero-order chi connectivity index (χ0) is 13.1. The first-order chi connectivity index (χ1) is 8.63. The lowest BCUT2D eigenvalue weighted by atomic mass is 10.2. The van der Waals surface area contributed by atoms with E-state index in [0.29, 0.717) is 18.0 Å². The molecule has 0 aliphatic carbocycles. The second-order valence-corrected chi connectivity index (χ2v) is 4.16. The standard InChI is InChI=1S/C13H18N4O/c1-4-8-18-12-7-5-6-11(13(12)14)17-10(3)15-9(2)16-17/h5-7H,4,8,14H2,1-3H3. The number of aryl methyl sites for hydroxylation is 2. The van der Waals surface area contributed by atoms with Gasteiger partial charge in [0.1, 0.15) is 23.1 Å². The van der Waals surface area contributed by atoms with Gasteiger partial charge in [0.25, 0.3) is 0 Å². The van der Waals surface area contributed by atoms with Crippen LogP contribution < -0.4 is 10.5 Å². The molecule has 1 aromatic carbocycles. The largest absolute Gasteiger partial charge is 0.491 e. The molecule has 1 heterocycles. The summed E-state index contributed by atoms with van der Waals surface area (Å²) in [6.45, 7) is 6.48. The van der Waals surface area contributed by atoms with E-state index in [2.05, 4.69) is 17.0 Å².